The Balaban J connectivity index is 1.50. The Morgan fingerprint density at radius 3 is 2.91 bits per heavy atom. The number of imidazole rings is 1. The smallest absolute Gasteiger partial charge is 0.410 e. The number of amides is 1. The van der Waals surface area contributed by atoms with E-state index >= 15 is 0 Å². The Kier molecular flexibility index (Phi) is 3.86. The van der Waals surface area contributed by atoms with Crippen LogP contribution in [0.4, 0.5) is 4.79 Å². The lowest BCUT2D eigenvalue weighted by Gasteiger charge is -2.40. The number of aryl methyl sites for hydroxylation is 1. The van der Waals surface area contributed by atoms with E-state index in [1.807, 2.05) is 39.3 Å². The van der Waals surface area contributed by atoms with E-state index in [0.717, 1.165) is 17.2 Å². The molecule has 2 aromatic rings. The summed E-state index contributed by atoms with van der Waals surface area (Å²) in [6, 6.07) is 0.316. The maximum atomic E-state index is 11.9. The molecule has 0 saturated carbocycles. The summed E-state index contributed by atoms with van der Waals surface area (Å²) in [4.78, 5) is 19.2. The number of carbonyl (C=O) groups excluding carboxylic acids is 1. The van der Waals surface area contributed by atoms with Gasteiger partial charge in [-0.2, -0.15) is 0 Å². The molecule has 3 rings (SSSR count). The molecule has 1 amide bonds. The third-order valence-electron chi connectivity index (χ3n) is 3.65. The Hall–Kier alpha value is -1.60. The van der Waals surface area contributed by atoms with Crippen molar-refractivity contribution in [3.05, 3.63) is 23.0 Å². The molecule has 1 N–H and O–H groups in total. The zero-order chi connectivity index (χ0) is 15.9. The molecule has 0 aliphatic carbocycles. The molecule has 22 heavy (non-hydrogen) atoms. The molecule has 1 aliphatic heterocycles. The number of carbonyl (C=O) groups is 1. The van der Waals surface area contributed by atoms with Gasteiger partial charge in [-0.1, -0.05) is 0 Å². The fourth-order valence-electron chi connectivity index (χ4n) is 2.48. The van der Waals surface area contributed by atoms with Crippen molar-refractivity contribution in [2.45, 2.75) is 45.9 Å². The van der Waals surface area contributed by atoms with E-state index in [1.54, 1.807) is 16.2 Å². The summed E-state index contributed by atoms with van der Waals surface area (Å²) in [7, 11) is 0. The van der Waals surface area contributed by atoms with Gasteiger partial charge in [-0.05, 0) is 27.7 Å². The maximum Gasteiger partial charge on any atom is 0.410 e. The van der Waals surface area contributed by atoms with Crippen molar-refractivity contribution in [1.29, 1.82) is 0 Å². The molecule has 1 saturated heterocycles. The second-order valence-corrected chi connectivity index (χ2v) is 7.54. The summed E-state index contributed by atoms with van der Waals surface area (Å²) in [5.74, 6) is 0. The van der Waals surface area contributed by atoms with Gasteiger partial charge in [-0.3, -0.25) is 4.40 Å². The first-order valence-corrected chi connectivity index (χ1v) is 8.34. The molecule has 2 aromatic heterocycles. The number of nitrogens with one attached hydrogen (secondary N) is 1. The lowest BCUT2D eigenvalue weighted by molar-refractivity contribution is 0.00515. The number of fused-ring (bicyclic) bond motifs is 1. The molecule has 120 valence electrons. The fourth-order valence-corrected chi connectivity index (χ4v) is 3.26. The Bertz CT molecular complexity index is 679. The number of hydrogen-bond donors (Lipinski definition) is 1. The van der Waals surface area contributed by atoms with E-state index in [9.17, 15) is 4.79 Å². The molecule has 7 heteroatoms. The molecule has 1 aliphatic rings. The number of rotatable bonds is 3. The summed E-state index contributed by atoms with van der Waals surface area (Å²) in [5.41, 5.74) is 1.81. The zero-order valence-electron chi connectivity index (χ0n) is 13.4. The molecule has 0 atom stereocenters. The highest BCUT2D eigenvalue weighted by Crippen LogP contribution is 2.18. The maximum absolute atomic E-state index is 11.9. The van der Waals surface area contributed by atoms with E-state index in [2.05, 4.69) is 14.7 Å². The first-order chi connectivity index (χ1) is 10.3. The number of thiazole rings is 1. The lowest BCUT2D eigenvalue weighted by atomic mass is 10.1. The van der Waals surface area contributed by atoms with Gasteiger partial charge in [0, 0.05) is 37.3 Å². The van der Waals surface area contributed by atoms with Gasteiger partial charge in [0.1, 0.15) is 5.60 Å². The Morgan fingerprint density at radius 2 is 2.23 bits per heavy atom. The first kappa shape index (κ1) is 15.3. The van der Waals surface area contributed by atoms with Crippen LogP contribution in [-0.4, -0.2) is 45.1 Å². The number of hydrogen-bond acceptors (Lipinski definition) is 5. The molecule has 3 heterocycles. The third kappa shape index (κ3) is 3.10. The highest BCUT2D eigenvalue weighted by Gasteiger charge is 2.33. The van der Waals surface area contributed by atoms with Crippen LogP contribution in [0.1, 0.15) is 32.2 Å². The number of ether oxygens (including phenoxy) is 1. The van der Waals surface area contributed by atoms with Crippen molar-refractivity contribution >= 4 is 22.4 Å². The second-order valence-electron chi connectivity index (χ2n) is 6.66. The van der Waals surface area contributed by atoms with Crippen molar-refractivity contribution in [2.75, 3.05) is 13.1 Å². The molecular weight excluding hydrogens is 300 g/mol. The number of likely N-dealkylation sites (tertiary alicyclic amines) is 1. The lowest BCUT2D eigenvalue weighted by Crippen LogP contribution is -2.60. The fraction of sp³-hybridized carbons (Fsp3) is 0.600. The predicted octanol–water partition coefficient (Wildman–Crippen LogP) is 2.41. The van der Waals surface area contributed by atoms with Crippen LogP contribution in [0.25, 0.3) is 4.96 Å². The minimum Gasteiger partial charge on any atom is -0.444 e. The van der Waals surface area contributed by atoms with Crippen LogP contribution in [0, 0.1) is 6.92 Å². The molecular formula is C15H22N4O2S. The largest absolute Gasteiger partial charge is 0.444 e. The van der Waals surface area contributed by atoms with Crippen LogP contribution >= 0.6 is 11.3 Å². The van der Waals surface area contributed by atoms with Gasteiger partial charge in [0.2, 0.25) is 0 Å². The van der Waals surface area contributed by atoms with E-state index < -0.39 is 5.60 Å². The summed E-state index contributed by atoms with van der Waals surface area (Å²) in [6.45, 7) is 9.83. The minimum absolute atomic E-state index is 0.230. The molecule has 0 spiro atoms. The normalized spacial score (nSPS) is 16.1. The minimum atomic E-state index is -0.436. The van der Waals surface area contributed by atoms with Crippen molar-refractivity contribution in [2.24, 2.45) is 0 Å². The van der Waals surface area contributed by atoms with Gasteiger partial charge in [-0.25, -0.2) is 9.78 Å². The van der Waals surface area contributed by atoms with Crippen LogP contribution in [0.15, 0.2) is 11.6 Å². The van der Waals surface area contributed by atoms with Crippen molar-refractivity contribution in [3.8, 4) is 0 Å². The predicted molar refractivity (Wildman–Crippen MR) is 86.2 cm³/mol. The molecule has 0 radical (unpaired) electrons. The summed E-state index contributed by atoms with van der Waals surface area (Å²) >= 11 is 1.64. The average Bonchev–Trinajstić information content (AvgIpc) is 2.86. The Morgan fingerprint density at radius 1 is 1.50 bits per heavy atom. The quantitative estimate of drug-likeness (QED) is 0.943. The van der Waals surface area contributed by atoms with Gasteiger partial charge in [0.25, 0.3) is 0 Å². The van der Waals surface area contributed by atoms with Crippen LogP contribution in [0.3, 0.4) is 0 Å². The Labute approximate surface area is 134 Å². The van der Waals surface area contributed by atoms with E-state index in [0.29, 0.717) is 19.1 Å². The third-order valence-corrected chi connectivity index (χ3v) is 4.41. The van der Waals surface area contributed by atoms with Gasteiger partial charge >= 0.3 is 6.09 Å². The van der Waals surface area contributed by atoms with E-state index in [-0.39, 0.29) is 6.09 Å². The van der Waals surface area contributed by atoms with Crippen LogP contribution in [0.5, 0.6) is 0 Å². The van der Waals surface area contributed by atoms with E-state index in [1.165, 1.54) is 5.69 Å². The van der Waals surface area contributed by atoms with Crippen LogP contribution in [0.2, 0.25) is 0 Å². The topological polar surface area (TPSA) is 58.9 Å². The van der Waals surface area contributed by atoms with Gasteiger partial charge in [0.15, 0.2) is 4.96 Å². The highest BCUT2D eigenvalue weighted by molar-refractivity contribution is 7.15. The summed E-state index contributed by atoms with van der Waals surface area (Å²) < 4.78 is 7.48. The van der Waals surface area contributed by atoms with Gasteiger partial charge in [-0.15, -0.1) is 11.3 Å². The SMILES string of the molecule is Cc1nc2sccn2c1CNC1CN(C(=O)OC(C)(C)C)C1. The molecule has 1 fully saturated rings. The van der Waals surface area contributed by atoms with Crippen LogP contribution in [-0.2, 0) is 11.3 Å². The average molecular weight is 322 g/mol. The van der Waals surface area contributed by atoms with E-state index in [4.69, 9.17) is 4.74 Å². The molecule has 0 unspecified atom stereocenters. The standard InChI is InChI=1S/C15H22N4O2S/c1-10-12(19-5-6-22-13(19)17-10)7-16-11-8-18(9-11)14(20)21-15(2,3)4/h5-6,11,16H,7-9H2,1-4H3. The van der Waals surface area contributed by atoms with Gasteiger partial charge in [0.05, 0.1) is 11.4 Å². The summed E-state index contributed by atoms with van der Waals surface area (Å²) in [6.07, 6.45) is 1.82. The number of nitrogens with zero attached hydrogens (tertiary/aromatic N) is 3. The first-order valence-electron chi connectivity index (χ1n) is 7.46. The van der Waals surface area contributed by atoms with Crippen molar-refractivity contribution in [3.63, 3.8) is 0 Å². The van der Waals surface area contributed by atoms with Crippen molar-refractivity contribution < 1.29 is 9.53 Å². The van der Waals surface area contributed by atoms with Crippen molar-refractivity contribution in [1.82, 2.24) is 19.6 Å². The molecule has 0 bridgehead atoms. The molecule has 6 nitrogen and oxygen atoms in total. The van der Waals surface area contributed by atoms with Crippen LogP contribution < -0.4 is 5.32 Å². The number of aromatic nitrogens is 2. The molecule has 0 aromatic carbocycles. The van der Waals surface area contributed by atoms with Gasteiger partial charge < -0.3 is 15.0 Å². The monoisotopic (exact) mass is 322 g/mol. The summed E-state index contributed by atoms with van der Waals surface area (Å²) in [5, 5.41) is 5.53. The highest BCUT2D eigenvalue weighted by atomic mass is 32.1. The second kappa shape index (κ2) is 5.55. The zero-order valence-corrected chi connectivity index (χ0v) is 14.2.